The highest BCUT2D eigenvalue weighted by atomic mass is 16.6. The summed E-state index contributed by atoms with van der Waals surface area (Å²) in [6, 6.07) is 0.107. The van der Waals surface area contributed by atoms with Crippen molar-refractivity contribution in [3.05, 3.63) is 0 Å². The Morgan fingerprint density at radius 3 is 2.58 bits per heavy atom. The summed E-state index contributed by atoms with van der Waals surface area (Å²) in [5, 5.41) is 6.36. The largest absolute Gasteiger partial charge is 0.444 e. The number of piperidine rings is 1. The SMILES string of the molecule is CCNC(=NCCN1CCCCC1)N1CCC(NC(=O)OC(C)(C)C)C1. The van der Waals surface area contributed by atoms with Gasteiger partial charge >= 0.3 is 6.09 Å². The van der Waals surface area contributed by atoms with Crippen LogP contribution < -0.4 is 10.6 Å². The molecule has 1 atom stereocenters. The quantitative estimate of drug-likeness (QED) is 0.575. The maximum Gasteiger partial charge on any atom is 0.407 e. The molecule has 2 N–H and O–H groups in total. The van der Waals surface area contributed by atoms with Gasteiger partial charge in [-0.25, -0.2) is 4.79 Å². The molecule has 2 aliphatic heterocycles. The van der Waals surface area contributed by atoms with Crippen LogP contribution in [0, 0.1) is 0 Å². The Labute approximate surface area is 158 Å². The zero-order valence-electron chi connectivity index (χ0n) is 17.0. The molecule has 7 nitrogen and oxygen atoms in total. The molecular formula is C19H37N5O2. The van der Waals surface area contributed by atoms with Gasteiger partial charge in [-0.15, -0.1) is 0 Å². The van der Waals surface area contributed by atoms with E-state index in [1.54, 1.807) is 0 Å². The van der Waals surface area contributed by atoms with Crippen molar-refractivity contribution in [2.24, 2.45) is 4.99 Å². The van der Waals surface area contributed by atoms with Gasteiger partial charge < -0.3 is 25.2 Å². The maximum atomic E-state index is 12.0. The predicted molar refractivity (Wildman–Crippen MR) is 106 cm³/mol. The van der Waals surface area contributed by atoms with Crippen molar-refractivity contribution in [2.75, 3.05) is 45.8 Å². The van der Waals surface area contributed by atoms with Gasteiger partial charge in [-0.05, 0) is 60.0 Å². The smallest absolute Gasteiger partial charge is 0.407 e. The van der Waals surface area contributed by atoms with E-state index in [-0.39, 0.29) is 12.1 Å². The molecule has 2 heterocycles. The third-order valence-electron chi connectivity index (χ3n) is 4.67. The molecule has 0 aromatic heterocycles. The first-order valence-corrected chi connectivity index (χ1v) is 10.1. The summed E-state index contributed by atoms with van der Waals surface area (Å²) in [4.78, 5) is 21.5. The lowest BCUT2D eigenvalue weighted by atomic mass is 10.1. The van der Waals surface area contributed by atoms with Crippen molar-refractivity contribution in [1.29, 1.82) is 0 Å². The summed E-state index contributed by atoms with van der Waals surface area (Å²) in [5.41, 5.74) is -0.465. The van der Waals surface area contributed by atoms with Gasteiger partial charge in [-0.3, -0.25) is 4.99 Å². The fraction of sp³-hybridized carbons (Fsp3) is 0.895. The topological polar surface area (TPSA) is 69.2 Å². The molecule has 0 aromatic carbocycles. The van der Waals surface area contributed by atoms with E-state index < -0.39 is 5.60 Å². The van der Waals surface area contributed by atoms with E-state index in [1.807, 2.05) is 20.8 Å². The number of aliphatic imine (C=N–C) groups is 1. The first-order chi connectivity index (χ1) is 12.4. The maximum absolute atomic E-state index is 12.0. The van der Waals surface area contributed by atoms with E-state index in [4.69, 9.17) is 9.73 Å². The molecule has 0 saturated carbocycles. The Bertz CT molecular complexity index is 469. The molecule has 0 radical (unpaired) electrons. The van der Waals surface area contributed by atoms with Crippen LogP contribution in [0.15, 0.2) is 4.99 Å². The zero-order chi connectivity index (χ0) is 19.0. The lowest BCUT2D eigenvalue weighted by Crippen LogP contribution is -2.44. The highest BCUT2D eigenvalue weighted by Gasteiger charge is 2.27. The number of carbonyl (C=O) groups is 1. The summed E-state index contributed by atoms with van der Waals surface area (Å²) < 4.78 is 5.35. The number of carbonyl (C=O) groups excluding carboxylic acids is 1. The van der Waals surface area contributed by atoms with Gasteiger partial charge in [0.15, 0.2) is 5.96 Å². The van der Waals surface area contributed by atoms with Crippen molar-refractivity contribution in [2.45, 2.75) is 65.0 Å². The zero-order valence-corrected chi connectivity index (χ0v) is 17.0. The van der Waals surface area contributed by atoms with Crippen LogP contribution in [0.5, 0.6) is 0 Å². The van der Waals surface area contributed by atoms with Crippen LogP contribution in [0.3, 0.4) is 0 Å². The van der Waals surface area contributed by atoms with Crippen LogP contribution in [0.4, 0.5) is 4.79 Å². The number of amides is 1. The van der Waals surface area contributed by atoms with E-state index in [1.165, 1.54) is 32.4 Å². The number of hydrogen-bond acceptors (Lipinski definition) is 4. The summed E-state index contributed by atoms with van der Waals surface area (Å²) in [7, 11) is 0. The molecular weight excluding hydrogens is 330 g/mol. The Balaban J connectivity index is 1.79. The van der Waals surface area contributed by atoms with Crippen LogP contribution in [0.2, 0.25) is 0 Å². The number of rotatable bonds is 5. The van der Waals surface area contributed by atoms with Crippen LogP contribution in [-0.2, 0) is 4.74 Å². The van der Waals surface area contributed by atoms with Crippen molar-refractivity contribution in [1.82, 2.24) is 20.4 Å². The molecule has 1 unspecified atom stereocenters. The van der Waals surface area contributed by atoms with E-state index >= 15 is 0 Å². The molecule has 2 rings (SSSR count). The fourth-order valence-electron chi connectivity index (χ4n) is 3.45. The molecule has 2 saturated heterocycles. The second-order valence-corrected chi connectivity index (χ2v) is 8.22. The van der Waals surface area contributed by atoms with Gasteiger partial charge in [0, 0.05) is 26.2 Å². The van der Waals surface area contributed by atoms with E-state index in [0.717, 1.165) is 45.1 Å². The monoisotopic (exact) mass is 367 g/mol. The Morgan fingerprint density at radius 2 is 1.92 bits per heavy atom. The molecule has 0 aliphatic carbocycles. The number of hydrogen-bond donors (Lipinski definition) is 2. The number of nitrogens with one attached hydrogen (secondary N) is 2. The minimum Gasteiger partial charge on any atom is -0.444 e. The molecule has 0 spiro atoms. The molecule has 1 amide bonds. The van der Waals surface area contributed by atoms with Crippen molar-refractivity contribution in [3.63, 3.8) is 0 Å². The van der Waals surface area contributed by atoms with Gasteiger partial charge in [-0.1, -0.05) is 6.42 Å². The average Bonchev–Trinajstić information content (AvgIpc) is 3.01. The predicted octanol–water partition coefficient (Wildman–Crippen LogP) is 2.04. The van der Waals surface area contributed by atoms with Crippen LogP contribution in [-0.4, -0.2) is 79.3 Å². The van der Waals surface area contributed by atoms with Crippen LogP contribution >= 0.6 is 0 Å². The van der Waals surface area contributed by atoms with Gasteiger partial charge in [-0.2, -0.15) is 0 Å². The number of likely N-dealkylation sites (tertiary alicyclic amines) is 2. The Morgan fingerprint density at radius 1 is 1.19 bits per heavy atom. The molecule has 7 heteroatoms. The fourth-order valence-corrected chi connectivity index (χ4v) is 3.45. The second kappa shape index (κ2) is 10.00. The third kappa shape index (κ3) is 7.40. The normalized spacial score (nSPS) is 22.4. The number of alkyl carbamates (subject to hydrolysis) is 1. The van der Waals surface area contributed by atoms with Crippen LogP contribution in [0.1, 0.15) is 53.4 Å². The molecule has 0 aromatic rings. The average molecular weight is 368 g/mol. The molecule has 2 aliphatic rings. The molecule has 0 bridgehead atoms. The minimum atomic E-state index is -0.465. The van der Waals surface area contributed by atoms with E-state index in [2.05, 4.69) is 27.4 Å². The van der Waals surface area contributed by atoms with Crippen molar-refractivity contribution in [3.8, 4) is 0 Å². The third-order valence-corrected chi connectivity index (χ3v) is 4.67. The van der Waals surface area contributed by atoms with E-state index in [0.29, 0.717) is 0 Å². The van der Waals surface area contributed by atoms with Crippen molar-refractivity contribution >= 4 is 12.1 Å². The summed E-state index contributed by atoms with van der Waals surface area (Å²) in [6.07, 6.45) is 4.57. The molecule has 150 valence electrons. The van der Waals surface area contributed by atoms with E-state index in [9.17, 15) is 4.79 Å². The highest BCUT2D eigenvalue weighted by Crippen LogP contribution is 2.12. The molecule has 2 fully saturated rings. The Kier molecular flexibility index (Phi) is 8.00. The summed E-state index contributed by atoms with van der Waals surface area (Å²) in [6.45, 7) is 14.5. The molecule has 26 heavy (non-hydrogen) atoms. The lowest BCUT2D eigenvalue weighted by Gasteiger charge is -2.26. The highest BCUT2D eigenvalue weighted by molar-refractivity contribution is 5.80. The van der Waals surface area contributed by atoms with Gasteiger partial charge in [0.05, 0.1) is 12.6 Å². The summed E-state index contributed by atoms with van der Waals surface area (Å²) in [5.74, 6) is 0.956. The second-order valence-electron chi connectivity index (χ2n) is 8.22. The Hall–Kier alpha value is -1.50. The minimum absolute atomic E-state index is 0.107. The number of ether oxygens (including phenoxy) is 1. The van der Waals surface area contributed by atoms with Gasteiger partial charge in [0.25, 0.3) is 0 Å². The van der Waals surface area contributed by atoms with Gasteiger partial charge in [0.2, 0.25) is 0 Å². The lowest BCUT2D eigenvalue weighted by molar-refractivity contribution is 0.0507. The van der Waals surface area contributed by atoms with Gasteiger partial charge in [0.1, 0.15) is 5.60 Å². The summed E-state index contributed by atoms with van der Waals surface area (Å²) >= 11 is 0. The first-order valence-electron chi connectivity index (χ1n) is 10.1. The number of guanidine groups is 1. The van der Waals surface area contributed by atoms with Crippen LogP contribution in [0.25, 0.3) is 0 Å². The van der Waals surface area contributed by atoms with Crippen molar-refractivity contribution < 1.29 is 9.53 Å². The first kappa shape index (κ1) is 20.8. The standard InChI is InChI=1S/C19H37N5O2/c1-5-20-17(21-10-14-23-11-7-6-8-12-23)24-13-9-16(15-24)22-18(25)26-19(2,3)4/h16H,5-15H2,1-4H3,(H,20,21)(H,22,25). The number of nitrogens with zero attached hydrogens (tertiary/aromatic N) is 3.